The molecule has 2 atom stereocenters. The fourth-order valence-corrected chi connectivity index (χ4v) is 2.72. The van der Waals surface area contributed by atoms with Crippen LogP contribution in [0.15, 0.2) is 24.3 Å². The van der Waals surface area contributed by atoms with Gasteiger partial charge in [-0.3, -0.25) is 10.1 Å². The molecule has 0 radical (unpaired) electrons. The van der Waals surface area contributed by atoms with Crippen LogP contribution in [-0.4, -0.2) is 23.4 Å². The number of hydrogen-bond donors (Lipinski definition) is 1. The number of aryl methyl sites for hydroxylation is 1. The predicted molar refractivity (Wildman–Crippen MR) is 77.8 cm³/mol. The van der Waals surface area contributed by atoms with Gasteiger partial charge in [0.1, 0.15) is 6.17 Å². The summed E-state index contributed by atoms with van der Waals surface area (Å²) in [5, 5.41) is 3.47. The lowest BCUT2D eigenvalue weighted by Gasteiger charge is -2.23. The van der Waals surface area contributed by atoms with Gasteiger partial charge in [0.15, 0.2) is 0 Å². The van der Waals surface area contributed by atoms with Crippen LogP contribution in [0.1, 0.15) is 50.9 Å². The third kappa shape index (κ3) is 2.81. The van der Waals surface area contributed by atoms with Crippen molar-refractivity contribution in [3.63, 3.8) is 0 Å². The van der Waals surface area contributed by atoms with Crippen LogP contribution in [0.25, 0.3) is 0 Å². The third-order valence-electron chi connectivity index (χ3n) is 3.87. The van der Waals surface area contributed by atoms with Gasteiger partial charge in [-0.15, -0.1) is 0 Å². The normalized spacial score (nSPS) is 23.1. The first-order chi connectivity index (χ1) is 9.21. The number of carbonyl (C=O) groups excluding carboxylic acids is 1. The summed E-state index contributed by atoms with van der Waals surface area (Å²) in [6.07, 6.45) is 3.04. The maximum atomic E-state index is 12.3. The van der Waals surface area contributed by atoms with E-state index in [1.165, 1.54) is 11.1 Å². The maximum absolute atomic E-state index is 12.3. The summed E-state index contributed by atoms with van der Waals surface area (Å²) >= 11 is 0. The molecule has 3 nitrogen and oxygen atoms in total. The molecule has 2 rings (SSSR count). The molecule has 19 heavy (non-hydrogen) atoms. The van der Waals surface area contributed by atoms with Crippen molar-refractivity contribution in [3.8, 4) is 0 Å². The Labute approximate surface area is 116 Å². The largest absolute Gasteiger partial charge is 0.322 e. The van der Waals surface area contributed by atoms with Crippen LogP contribution in [0.5, 0.6) is 0 Å². The van der Waals surface area contributed by atoms with E-state index in [4.69, 9.17) is 0 Å². The molecule has 3 heteroatoms. The lowest BCUT2D eigenvalue weighted by molar-refractivity contribution is -0.130. The van der Waals surface area contributed by atoms with Gasteiger partial charge in [0.2, 0.25) is 5.91 Å². The number of rotatable bonds is 5. The summed E-state index contributed by atoms with van der Waals surface area (Å²) < 4.78 is 0. The van der Waals surface area contributed by atoms with Gasteiger partial charge in [-0.25, -0.2) is 0 Å². The van der Waals surface area contributed by atoms with Crippen LogP contribution in [0, 0.1) is 0 Å². The average Bonchev–Trinajstić information content (AvgIpc) is 2.76. The molecule has 1 N–H and O–H groups in total. The highest BCUT2D eigenvalue weighted by Gasteiger charge is 2.37. The van der Waals surface area contributed by atoms with Gasteiger partial charge in [-0.1, -0.05) is 44.5 Å². The van der Waals surface area contributed by atoms with E-state index in [0.717, 1.165) is 25.8 Å². The highest BCUT2D eigenvalue weighted by molar-refractivity contribution is 5.84. The van der Waals surface area contributed by atoms with E-state index in [9.17, 15) is 4.79 Å². The molecule has 1 aliphatic rings. The first-order valence-corrected chi connectivity index (χ1v) is 7.36. The van der Waals surface area contributed by atoms with Crippen molar-refractivity contribution in [2.75, 3.05) is 6.54 Å². The van der Waals surface area contributed by atoms with Crippen LogP contribution in [0.3, 0.4) is 0 Å². The molecule has 2 unspecified atom stereocenters. The van der Waals surface area contributed by atoms with E-state index >= 15 is 0 Å². The number of nitrogens with one attached hydrogen (secondary N) is 1. The van der Waals surface area contributed by atoms with Crippen molar-refractivity contribution in [1.82, 2.24) is 10.2 Å². The van der Waals surface area contributed by atoms with Gasteiger partial charge >= 0.3 is 0 Å². The predicted octanol–water partition coefficient (Wildman–Crippen LogP) is 2.87. The molecule has 1 saturated heterocycles. The van der Waals surface area contributed by atoms with Crippen molar-refractivity contribution in [2.45, 2.75) is 52.2 Å². The Morgan fingerprint density at radius 1 is 1.16 bits per heavy atom. The zero-order valence-corrected chi connectivity index (χ0v) is 12.1. The number of hydrogen-bond acceptors (Lipinski definition) is 2. The average molecular weight is 260 g/mol. The first-order valence-electron chi connectivity index (χ1n) is 7.36. The van der Waals surface area contributed by atoms with E-state index in [1.807, 2.05) is 11.8 Å². The SMILES string of the molecule is CCCC1NC(c2ccc(CC)cc2)N(CC)C1=O. The van der Waals surface area contributed by atoms with Crippen LogP contribution in [0.2, 0.25) is 0 Å². The van der Waals surface area contributed by atoms with Gasteiger partial charge in [-0.05, 0) is 30.9 Å². The van der Waals surface area contributed by atoms with Gasteiger partial charge in [0, 0.05) is 6.54 Å². The van der Waals surface area contributed by atoms with Crippen LogP contribution in [0.4, 0.5) is 0 Å². The molecule has 1 aliphatic heterocycles. The monoisotopic (exact) mass is 260 g/mol. The molecular formula is C16H24N2O. The summed E-state index contributed by atoms with van der Waals surface area (Å²) in [7, 11) is 0. The van der Waals surface area contributed by atoms with Crippen molar-refractivity contribution >= 4 is 5.91 Å². The van der Waals surface area contributed by atoms with Gasteiger partial charge in [0.25, 0.3) is 0 Å². The molecule has 0 aliphatic carbocycles. The standard InChI is InChI=1S/C16H24N2O/c1-4-7-14-16(19)18(6-3)15(17-14)13-10-8-12(5-2)9-11-13/h8-11,14-15,17H,4-7H2,1-3H3. The lowest BCUT2D eigenvalue weighted by Crippen LogP contribution is -2.30. The van der Waals surface area contributed by atoms with Crippen molar-refractivity contribution in [3.05, 3.63) is 35.4 Å². The highest BCUT2D eigenvalue weighted by Crippen LogP contribution is 2.26. The topological polar surface area (TPSA) is 32.3 Å². The van der Waals surface area contributed by atoms with Gasteiger partial charge in [0.05, 0.1) is 6.04 Å². The smallest absolute Gasteiger partial charge is 0.241 e. The van der Waals surface area contributed by atoms with E-state index in [0.29, 0.717) is 0 Å². The minimum atomic E-state index is -0.0131. The van der Waals surface area contributed by atoms with Crippen LogP contribution >= 0.6 is 0 Å². The lowest BCUT2D eigenvalue weighted by atomic mass is 10.1. The second-order valence-corrected chi connectivity index (χ2v) is 5.13. The second-order valence-electron chi connectivity index (χ2n) is 5.13. The van der Waals surface area contributed by atoms with Crippen molar-refractivity contribution < 1.29 is 4.79 Å². The van der Waals surface area contributed by atoms with Crippen LogP contribution < -0.4 is 5.32 Å². The van der Waals surface area contributed by atoms with E-state index in [1.54, 1.807) is 0 Å². The quantitative estimate of drug-likeness (QED) is 0.883. The molecule has 1 amide bonds. The minimum Gasteiger partial charge on any atom is -0.322 e. The van der Waals surface area contributed by atoms with Gasteiger partial charge in [-0.2, -0.15) is 0 Å². The zero-order chi connectivity index (χ0) is 13.8. The minimum absolute atomic E-state index is 0.0131. The molecule has 1 fully saturated rings. The molecule has 0 saturated carbocycles. The number of likely N-dealkylation sites (N-methyl/N-ethyl adjacent to an activating group) is 1. The molecule has 1 heterocycles. The maximum Gasteiger partial charge on any atom is 0.241 e. The summed E-state index contributed by atoms with van der Waals surface area (Å²) in [5.74, 6) is 0.244. The molecule has 0 bridgehead atoms. The van der Waals surface area contributed by atoms with E-state index in [2.05, 4.69) is 43.4 Å². The van der Waals surface area contributed by atoms with Crippen LogP contribution in [-0.2, 0) is 11.2 Å². The van der Waals surface area contributed by atoms with E-state index in [-0.39, 0.29) is 18.1 Å². The Hall–Kier alpha value is -1.35. The summed E-state index contributed by atoms with van der Waals surface area (Å²) in [6.45, 7) is 7.07. The summed E-state index contributed by atoms with van der Waals surface area (Å²) in [5.41, 5.74) is 2.52. The Bertz CT molecular complexity index is 427. The molecule has 0 aromatic heterocycles. The Morgan fingerprint density at radius 2 is 1.84 bits per heavy atom. The molecule has 1 aromatic rings. The number of carbonyl (C=O) groups is 1. The molecule has 0 spiro atoms. The Kier molecular flexibility index (Phi) is 4.59. The second kappa shape index (κ2) is 6.20. The number of nitrogens with zero attached hydrogens (tertiary/aromatic N) is 1. The highest BCUT2D eigenvalue weighted by atomic mass is 16.2. The fraction of sp³-hybridized carbons (Fsp3) is 0.562. The summed E-state index contributed by atoms with van der Waals surface area (Å²) in [4.78, 5) is 14.2. The Balaban J connectivity index is 2.19. The third-order valence-corrected chi connectivity index (χ3v) is 3.87. The molecular weight excluding hydrogens is 236 g/mol. The zero-order valence-electron chi connectivity index (χ0n) is 12.1. The number of benzene rings is 1. The fourth-order valence-electron chi connectivity index (χ4n) is 2.72. The Morgan fingerprint density at radius 3 is 2.37 bits per heavy atom. The van der Waals surface area contributed by atoms with Crippen molar-refractivity contribution in [2.24, 2.45) is 0 Å². The van der Waals surface area contributed by atoms with E-state index < -0.39 is 0 Å². The first kappa shape index (κ1) is 14.1. The summed E-state index contributed by atoms with van der Waals surface area (Å²) in [6, 6.07) is 8.58. The van der Waals surface area contributed by atoms with Gasteiger partial charge < -0.3 is 4.90 Å². The number of amides is 1. The molecule has 1 aromatic carbocycles. The molecule has 104 valence electrons. The van der Waals surface area contributed by atoms with Crippen molar-refractivity contribution in [1.29, 1.82) is 0 Å².